The lowest BCUT2D eigenvalue weighted by atomic mass is 10.0. The Labute approximate surface area is 124 Å². The van der Waals surface area contributed by atoms with Gasteiger partial charge >= 0.3 is 0 Å². The highest BCUT2D eigenvalue weighted by molar-refractivity contribution is 7.89. The molecular formula is C13H19N3O4S. The average Bonchev–Trinajstić information content (AvgIpc) is 2.54. The van der Waals surface area contributed by atoms with E-state index >= 15 is 0 Å². The van der Waals surface area contributed by atoms with Crippen LogP contribution in [0.5, 0.6) is 5.75 Å². The van der Waals surface area contributed by atoms with Crippen LogP contribution in [0.2, 0.25) is 0 Å². The number of amidine groups is 1. The molecule has 1 aromatic rings. The van der Waals surface area contributed by atoms with Crippen molar-refractivity contribution in [3.63, 3.8) is 0 Å². The summed E-state index contributed by atoms with van der Waals surface area (Å²) in [5.41, 5.74) is 5.63. The van der Waals surface area contributed by atoms with Gasteiger partial charge in [-0.25, -0.2) is 8.42 Å². The molecule has 0 aliphatic carbocycles. The van der Waals surface area contributed by atoms with Crippen molar-refractivity contribution in [1.82, 2.24) is 4.31 Å². The van der Waals surface area contributed by atoms with Crippen molar-refractivity contribution >= 4 is 15.9 Å². The number of ether oxygens (including phenoxy) is 1. The van der Waals surface area contributed by atoms with E-state index in [1.165, 1.54) is 23.5 Å². The van der Waals surface area contributed by atoms with Crippen molar-refractivity contribution in [2.75, 3.05) is 13.7 Å². The average molecular weight is 313 g/mol. The minimum absolute atomic E-state index is 0.0770. The van der Waals surface area contributed by atoms with E-state index in [1.807, 2.05) is 0 Å². The van der Waals surface area contributed by atoms with E-state index in [9.17, 15) is 8.42 Å². The van der Waals surface area contributed by atoms with Crippen LogP contribution in [0, 0.1) is 0 Å². The highest BCUT2D eigenvalue weighted by atomic mass is 32.2. The molecule has 1 aromatic carbocycles. The summed E-state index contributed by atoms with van der Waals surface area (Å²) in [4.78, 5) is 0.168. The molecule has 1 fully saturated rings. The highest BCUT2D eigenvalue weighted by Gasteiger charge is 2.35. The van der Waals surface area contributed by atoms with Crippen molar-refractivity contribution < 1.29 is 18.4 Å². The van der Waals surface area contributed by atoms with Crippen LogP contribution in [0.25, 0.3) is 0 Å². The van der Waals surface area contributed by atoms with Gasteiger partial charge in [0.1, 0.15) is 5.75 Å². The van der Waals surface area contributed by atoms with Gasteiger partial charge in [0.2, 0.25) is 10.0 Å². The van der Waals surface area contributed by atoms with E-state index in [-0.39, 0.29) is 10.7 Å². The minimum atomic E-state index is -3.69. The maximum atomic E-state index is 12.7. The highest BCUT2D eigenvalue weighted by Crippen LogP contribution is 2.26. The molecule has 0 saturated carbocycles. The Morgan fingerprint density at radius 1 is 1.38 bits per heavy atom. The molecule has 0 bridgehead atoms. The van der Waals surface area contributed by atoms with Crippen LogP contribution in [-0.2, 0) is 10.0 Å². The Bertz CT molecular complexity index is 613. The van der Waals surface area contributed by atoms with Gasteiger partial charge in [-0.2, -0.15) is 4.31 Å². The second-order valence-electron chi connectivity index (χ2n) is 4.83. The summed E-state index contributed by atoms with van der Waals surface area (Å²) >= 11 is 0. The van der Waals surface area contributed by atoms with Crippen molar-refractivity contribution in [2.45, 2.75) is 30.2 Å². The van der Waals surface area contributed by atoms with Gasteiger partial charge in [-0.15, -0.1) is 0 Å². The van der Waals surface area contributed by atoms with Gasteiger partial charge in [-0.05, 0) is 37.1 Å². The van der Waals surface area contributed by atoms with Crippen molar-refractivity contribution in [3.05, 3.63) is 24.3 Å². The first kappa shape index (κ1) is 15.6. The van der Waals surface area contributed by atoms with Crippen molar-refractivity contribution in [3.8, 4) is 5.75 Å². The second-order valence-corrected chi connectivity index (χ2v) is 6.72. The maximum absolute atomic E-state index is 12.7. The van der Waals surface area contributed by atoms with Gasteiger partial charge in [-0.3, -0.25) is 0 Å². The second kappa shape index (κ2) is 6.31. The predicted octanol–water partition coefficient (Wildman–Crippen LogP) is 0.985. The summed E-state index contributed by atoms with van der Waals surface area (Å²) in [6.45, 7) is 0.356. The molecule has 3 N–H and O–H groups in total. The smallest absolute Gasteiger partial charge is 0.243 e. The SMILES string of the molecule is COc1ccc(S(=O)(=O)N2CCCCC2C(N)=NO)cc1. The molecule has 2 rings (SSSR count). The lowest BCUT2D eigenvalue weighted by molar-refractivity contribution is 0.281. The number of hydrogen-bond acceptors (Lipinski definition) is 5. The van der Waals surface area contributed by atoms with Crippen LogP contribution in [0.4, 0.5) is 0 Å². The summed E-state index contributed by atoms with van der Waals surface area (Å²) in [5.74, 6) is 0.507. The Balaban J connectivity index is 2.35. The number of nitrogens with zero attached hydrogens (tertiary/aromatic N) is 2. The molecule has 1 aliphatic heterocycles. The summed E-state index contributed by atoms with van der Waals surface area (Å²) < 4.78 is 31.7. The zero-order valence-corrected chi connectivity index (χ0v) is 12.6. The number of piperidine rings is 1. The van der Waals surface area contributed by atoms with E-state index in [2.05, 4.69) is 5.16 Å². The largest absolute Gasteiger partial charge is 0.497 e. The predicted molar refractivity (Wildman–Crippen MR) is 77.9 cm³/mol. The third kappa shape index (κ3) is 3.11. The van der Waals surface area contributed by atoms with E-state index in [0.29, 0.717) is 18.7 Å². The Kier molecular flexibility index (Phi) is 4.69. The van der Waals surface area contributed by atoms with Crippen molar-refractivity contribution in [1.29, 1.82) is 0 Å². The zero-order chi connectivity index (χ0) is 15.5. The van der Waals surface area contributed by atoms with Gasteiger partial charge in [0.15, 0.2) is 5.84 Å². The van der Waals surface area contributed by atoms with Crippen LogP contribution in [0.1, 0.15) is 19.3 Å². The summed E-state index contributed by atoms with van der Waals surface area (Å²) in [6, 6.07) is 5.57. The van der Waals surface area contributed by atoms with Crippen LogP contribution in [0.15, 0.2) is 34.3 Å². The molecule has 116 valence electrons. The van der Waals surface area contributed by atoms with Gasteiger partial charge in [-0.1, -0.05) is 11.6 Å². The number of nitrogens with two attached hydrogens (primary N) is 1. The quantitative estimate of drug-likeness (QED) is 0.373. The van der Waals surface area contributed by atoms with Crippen LogP contribution in [-0.4, -0.2) is 43.5 Å². The molecule has 1 aliphatic rings. The van der Waals surface area contributed by atoms with E-state index < -0.39 is 16.1 Å². The number of benzene rings is 1. The number of methoxy groups -OCH3 is 1. The van der Waals surface area contributed by atoms with Crippen LogP contribution in [0.3, 0.4) is 0 Å². The lowest BCUT2D eigenvalue weighted by Crippen LogP contribution is -2.50. The number of sulfonamides is 1. The molecule has 21 heavy (non-hydrogen) atoms. The van der Waals surface area contributed by atoms with E-state index in [0.717, 1.165) is 12.8 Å². The fraction of sp³-hybridized carbons (Fsp3) is 0.462. The topological polar surface area (TPSA) is 105 Å². The standard InChI is InChI=1S/C13H19N3O4S/c1-20-10-5-7-11(8-6-10)21(18,19)16-9-3-2-4-12(16)13(14)15-17/h5-8,12,17H,2-4,9H2,1H3,(H2,14,15). The summed E-state index contributed by atoms with van der Waals surface area (Å²) in [5, 5.41) is 11.8. The molecule has 0 amide bonds. The Hall–Kier alpha value is -1.80. The first-order chi connectivity index (χ1) is 10.0. The molecule has 8 heteroatoms. The third-order valence-corrected chi connectivity index (χ3v) is 5.50. The minimum Gasteiger partial charge on any atom is -0.497 e. The molecular weight excluding hydrogens is 294 g/mol. The van der Waals surface area contributed by atoms with Gasteiger partial charge in [0.25, 0.3) is 0 Å². The normalized spacial score (nSPS) is 21.2. The zero-order valence-electron chi connectivity index (χ0n) is 11.8. The first-order valence-corrected chi connectivity index (χ1v) is 8.08. The van der Waals surface area contributed by atoms with Crippen LogP contribution < -0.4 is 10.5 Å². The summed E-state index contributed by atoms with van der Waals surface area (Å²) in [6.07, 6.45) is 2.14. The first-order valence-electron chi connectivity index (χ1n) is 6.64. The Morgan fingerprint density at radius 2 is 2.05 bits per heavy atom. The molecule has 0 aromatic heterocycles. The fourth-order valence-electron chi connectivity index (χ4n) is 2.44. The molecule has 1 heterocycles. The number of oxime groups is 1. The third-order valence-electron chi connectivity index (χ3n) is 3.58. The monoisotopic (exact) mass is 313 g/mol. The molecule has 0 radical (unpaired) electrons. The molecule has 1 atom stereocenters. The number of hydrogen-bond donors (Lipinski definition) is 2. The van der Waals surface area contributed by atoms with Gasteiger partial charge in [0, 0.05) is 6.54 Å². The molecule has 0 spiro atoms. The van der Waals surface area contributed by atoms with E-state index in [1.54, 1.807) is 12.1 Å². The maximum Gasteiger partial charge on any atom is 0.243 e. The fourth-order valence-corrected chi connectivity index (χ4v) is 4.11. The van der Waals surface area contributed by atoms with Gasteiger partial charge in [0.05, 0.1) is 18.0 Å². The van der Waals surface area contributed by atoms with Crippen LogP contribution >= 0.6 is 0 Å². The molecule has 1 unspecified atom stereocenters. The lowest BCUT2D eigenvalue weighted by Gasteiger charge is -2.33. The molecule has 7 nitrogen and oxygen atoms in total. The molecule has 1 saturated heterocycles. The summed E-state index contributed by atoms with van der Waals surface area (Å²) in [7, 11) is -2.17. The number of rotatable bonds is 4. The van der Waals surface area contributed by atoms with Crippen molar-refractivity contribution in [2.24, 2.45) is 10.9 Å². The Morgan fingerprint density at radius 3 is 2.62 bits per heavy atom. The van der Waals surface area contributed by atoms with E-state index in [4.69, 9.17) is 15.7 Å². The van der Waals surface area contributed by atoms with Gasteiger partial charge < -0.3 is 15.7 Å².